The van der Waals surface area contributed by atoms with Gasteiger partial charge in [0.2, 0.25) is 5.91 Å². The molecular formula is C23H27FN4OS. The standard InChI is InChI=1S/C23H27FN4OS/c1-14(2)21-26-19-13-30-15(3)20(19)22(27-21)28-10-8-17(9-11-28)23(29)25-12-16-4-6-18(24)7-5-16/h4-7,13-14,17H,8-12H2,1-3H3,(H,25,29). The average Bonchev–Trinajstić information content (AvgIpc) is 3.13. The van der Waals surface area contributed by atoms with Crippen LogP contribution in [0.4, 0.5) is 10.2 Å². The Bertz CT molecular complexity index is 1040. The van der Waals surface area contributed by atoms with Crippen LogP contribution in [0.15, 0.2) is 29.6 Å². The van der Waals surface area contributed by atoms with E-state index < -0.39 is 0 Å². The van der Waals surface area contributed by atoms with E-state index in [0.717, 1.165) is 54.0 Å². The van der Waals surface area contributed by atoms with E-state index in [1.165, 1.54) is 17.0 Å². The van der Waals surface area contributed by atoms with Gasteiger partial charge in [-0.3, -0.25) is 4.79 Å². The maximum atomic E-state index is 13.0. The highest BCUT2D eigenvalue weighted by atomic mass is 32.1. The molecule has 3 heterocycles. The molecule has 3 aromatic rings. The second-order valence-corrected chi connectivity index (χ2v) is 9.30. The first-order valence-corrected chi connectivity index (χ1v) is 11.3. The summed E-state index contributed by atoms with van der Waals surface area (Å²) in [4.78, 5) is 25.8. The zero-order valence-corrected chi connectivity index (χ0v) is 18.4. The minimum Gasteiger partial charge on any atom is -0.356 e. The van der Waals surface area contributed by atoms with Crippen LogP contribution in [-0.2, 0) is 11.3 Å². The Balaban J connectivity index is 1.42. The molecule has 30 heavy (non-hydrogen) atoms. The van der Waals surface area contributed by atoms with Crippen molar-refractivity contribution in [2.75, 3.05) is 18.0 Å². The van der Waals surface area contributed by atoms with Gasteiger partial charge in [0.1, 0.15) is 17.5 Å². The van der Waals surface area contributed by atoms with Crippen molar-refractivity contribution in [2.24, 2.45) is 5.92 Å². The Labute approximate surface area is 180 Å². The molecule has 1 saturated heterocycles. The van der Waals surface area contributed by atoms with Crippen molar-refractivity contribution in [3.05, 3.63) is 51.7 Å². The van der Waals surface area contributed by atoms with E-state index in [0.29, 0.717) is 6.54 Å². The number of carbonyl (C=O) groups excluding carboxylic acids is 1. The zero-order valence-electron chi connectivity index (χ0n) is 17.6. The van der Waals surface area contributed by atoms with Crippen molar-refractivity contribution in [3.8, 4) is 0 Å². The monoisotopic (exact) mass is 426 g/mol. The number of rotatable bonds is 5. The number of aryl methyl sites for hydroxylation is 1. The first kappa shape index (κ1) is 20.7. The molecule has 0 radical (unpaired) electrons. The molecule has 1 amide bonds. The van der Waals surface area contributed by atoms with Crippen molar-refractivity contribution in [1.29, 1.82) is 0 Å². The molecule has 1 fully saturated rings. The highest BCUT2D eigenvalue weighted by Crippen LogP contribution is 2.34. The van der Waals surface area contributed by atoms with Gasteiger partial charge in [0, 0.05) is 41.7 Å². The van der Waals surface area contributed by atoms with Gasteiger partial charge in [-0.1, -0.05) is 26.0 Å². The third-order valence-corrected chi connectivity index (χ3v) is 6.60. The van der Waals surface area contributed by atoms with Gasteiger partial charge in [-0.2, -0.15) is 0 Å². The van der Waals surface area contributed by atoms with Gasteiger partial charge < -0.3 is 10.2 Å². The maximum Gasteiger partial charge on any atom is 0.223 e. The summed E-state index contributed by atoms with van der Waals surface area (Å²) >= 11 is 1.71. The Hall–Kier alpha value is -2.54. The molecule has 0 spiro atoms. The summed E-state index contributed by atoms with van der Waals surface area (Å²) < 4.78 is 13.0. The highest BCUT2D eigenvalue weighted by Gasteiger charge is 2.27. The largest absolute Gasteiger partial charge is 0.356 e. The van der Waals surface area contributed by atoms with Crippen LogP contribution >= 0.6 is 11.3 Å². The van der Waals surface area contributed by atoms with E-state index >= 15 is 0 Å². The average molecular weight is 427 g/mol. The SMILES string of the molecule is Cc1scc2nc(C(C)C)nc(N3CCC(C(=O)NCc4ccc(F)cc4)CC3)c12. The van der Waals surface area contributed by atoms with Crippen molar-refractivity contribution in [3.63, 3.8) is 0 Å². The minimum absolute atomic E-state index is 0.00725. The van der Waals surface area contributed by atoms with Crippen molar-refractivity contribution in [2.45, 2.75) is 46.1 Å². The van der Waals surface area contributed by atoms with E-state index in [4.69, 9.17) is 9.97 Å². The van der Waals surface area contributed by atoms with Crippen LogP contribution in [0.3, 0.4) is 0 Å². The van der Waals surface area contributed by atoms with Crippen LogP contribution in [0.2, 0.25) is 0 Å². The lowest BCUT2D eigenvalue weighted by Crippen LogP contribution is -2.40. The number of fused-ring (bicyclic) bond motifs is 1. The molecule has 0 bridgehead atoms. The third-order valence-electron chi connectivity index (χ3n) is 5.70. The second kappa shape index (κ2) is 8.68. The van der Waals surface area contributed by atoms with Gasteiger partial charge in [0.25, 0.3) is 0 Å². The van der Waals surface area contributed by atoms with E-state index in [2.05, 4.69) is 36.4 Å². The summed E-state index contributed by atoms with van der Waals surface area (Å²) in [6.45, 7) is 8.37. The first-order valence-electron chi connectivity index (χ1n) is 10.4. The number of nitrogens with one attached hydrogen (secondary N) is 1. The maximum absolute atomic E-state index is 13.0. The van der Waals surface area contributed by atoms with Gasteiger partial charge in [-0.05, 0) is 37.5 Å². The summed E-state index contributed by atoms with van der Waals surface area (Å²) in [5, 5.41) is 6.25. The molecule has 1 aromatic carbocycles. The van der Waals surface area contributed by atoms with Crippen LogP contribution < -0.4 is 10.2 Å². The smallest absolute Gasteiger partial charge is 0.223 e. The molecule has 0 aliphatic carbocycles. The predicted octanol–water partition coefficient (Wildman–Crippen LogP) is 4.80. The summed E-state index contributed by atoms with van der Waals surface area (Å²) in [6, 6.07) is 6.24. The lowest BCUT2D eigenvalue weighted by atomic mass is 9.95. The van der Waals surface area contributed by atoms with Crippen LogP contribution in [0.25, 0.3) is 10.9 Å². The topological polar surface area (TPSA) is 58.1 Å². The second-order valence-electron chi connectivity index (χ2n) is 8.22. The van der Waals surface area contributed by atoms with Crippen molar-refractivity contribution in [1.82, 2.24) is 15.3 Å². The number of aromatic nitrogens is 2. The van der Waals surface area contributed by atoms with Crippen LogP contribution in [0.1, 0.15) is 48.9 Å². The Morgan fingerprint density at radius 2 is 1.93 bits per heavy atom. The predicted molar refractivity (Wildman–Crippen MR) is 119 cm³/mol. The molecule has 1 aliphatic heterocycles. The lowest BCUT2D eigenvalue weighted by molar-refractivity contribution is -0.125. The van der Waals surface area contributed by atoms with E-state index in [1.807, 2.05) is 0 Å². The summed E-state index contributed by atoms with van der Waals surface area (Å²) in [5.74, 6) is 1.94. The molecule has 0 saturated carbocycles. The first-order chi connectivity index (χ1) is 14.4. The normalized spacial score (nSPS) is 15.2. The van der Waals surface area contributed by atoms with E-state index in [-0.39, 0.29) is 23.6 Å². The number of anilines is 1. The molecule has 7 heteroatoms. The number of amides is 1. The third kappa shape index (κ3) is 4.31. The number of carbonyl (C=O) groups is 1. The van der Waals surface area contributed by atoms with Gasteiger partial charge in [0.05, 0.1) is 10.9 Å². The van der Waals surface area contributed by atoms with Gasteiger partial charge in [-0.25, -0.2) is 14.4 Å². The Morgan fingerprint density at radius 3 is 2.60 bits per heavy atom. The van der Waals surface area contributed by atoms with Gasteiger partial charge in [0.15, 0.2) is 0 Å². The number of piperidine rings is 1. The minimum atomic E-state index is -0.266. The molecule has 0 atom stereocenters. The summed E-state index contributed by atoms with van der Waals surface area (Å²) in [7, 11) is 0. The van der Waals surface area contributed by atoms with E-state index in [9.17, 15) is 9.18 Å². The Kier molecular flexibility index (Phi) is 5.99. The highest BCUT2D eigenvalue weighted by molar-refractivity contribution is 7.11. The number of nitrogens with zero attached hydrogens (tertiary/aromatic N) is 3. The fourth-order valence-electron chi connectivity index (χ4n) is 3.89. The number of halogens is 1. The summed E-state index contributed by atoms with van der Waals surface area (Å²) in [6.07, 6.45) is 1.59. The molecule has 1 aliphatic rings. The quantitative estimate of drug-likeness (QED) is 0.637. The van der Waals surface area contributed by atoms with Crippen LogP contribution in [-0.4, -0.2) is 29.0 Å². The molecule has 4 rings (SSSR count). The molecule has 2 aromatic heterocycles. The number of hydrogen-bond donors (Lipinski definition) is 1. The molecule has 1 N–H and O–H groups in total. The Morgan fingerprint density at radius 1 is 1.23 bits per heavy atom. The number of benzene rings is 1. The molecule has 0 unspecified atom stereocenters. The van der Waals surface area contributed by atoms with Gasteiger partial charge >= 0.3 is 0 Å². The van der Waals surface area contributed by atoms with Crippen molar-refractivity contribution >= 4 is 34.0 Å². The number of thiophene rings is 1. The van der Waals surface area contributed by atoms with Gasteiger partial charge in [-0.15, -0.1) is 11.3 Å². The molecule has 158 valence electrons. The molecular weight excluding hydrogens is 399 g/mol. The van der Waals surface area contributed by atoms with Crippen LogP contribution in [0, 0.1) is 18.7 Å². The summed E-state index contributed by atoms with van der Waals surface area (Å²) in [5.41, 5.74) is 1.92. The zero-order chi connectivity index (χ0) is 21.3. The number of hydrogen-bond acceptors (Lipinski definition) is 5. The fraction of sp³-hybridized carbons (Fsp3) is 0.435. The lowest BCUT2D eigenvalue weighted by Gasteiger charge is -2.33. The molecule has 5 nitrogen and oxygen atoms in total. The van der Waals surface area contributed by atoms with E-state index in [1.54, 1.807) is 23.5 Å². The van der Waals surface area contributed by atoms with Crippen molar-refractivity contribution < 1.29 is 9.18 Å². The van der Waals surface area contributed by atoms with Crippen LogP contribution in [0.5, 0.6) is 0 Å². The fourth-order valence-corrected chi connectivity index (χ4v) is 4.66.